The molecule has 162 valence electrons. The zero-order chi connectivity index (χ0) is 21.9. The van der Waals surface area contributed by atoms with Crippen LogP contribution in [0.15, 0.2) is 79.3 Å². The molecule has 1 unspecified atom stereocenters. The van der Waals surface area contributed by atoms with Gasteiger partial charge in [0.05, 0.1) is 11.6 Å². The first-order valence-electron chi connectivity index (χ1n) is 10.7. The largest absolute Gasteiger partial charge is 0.457 e. The van der Waals surface area contributed by atoms with Crippen molar-refractivity contribution in [1.29, 1.82) is 0 Å². The number of nitrogens with one attached hydrogen (secondary N) is 1. The molecule has 1 atom stereocenters. The molecule has 0 saturated carbocycles. The van der Waals surface area contributed by atoms with Crippen LogP contribution >= 0.6 is 0 Å². The number of piperazine rings is 1. The highest BCUT2D eigenvalue weighted by molar-refractivity contribution is 5.79. The fraction of sp³-hybridized carbons (Fsp3) is 0.200. The van der Waals surface area contributed by atoms with Crippen molar-refractivity contribution in [1.82, 2.24) is 19.8 Å². The molecule has 2 aromatic carbocycles. The molecule has 3 heterocycles. The second kappa shape index (κ2) is 8.72. The third-order valence-corrected chi connectivity index (χ3v) is 5.87. The summed E-state index contributed by atoms with van der Waals surface area (Å²) in [4.78, 5) is 23.4. The molecule has 2 aromatic heterocycles. The van der Waals surface area contributed by atoms with E-state index in [1.54, 1.807) is 11.1 Å². The molecule has 4 aromatic rings. The minimum atomic E-state index is -0.378. The van der Waals surface area contributed by atoms with Crippen molar-refractivity contribution in [3.63, 3.8) is 0 Å². The number of amides is 2. The highest BCUT2D eigenvalue weighted by Gasteiger charge is 2.30. The number of urea groups is 1. The third-order valence-electron chi connectivity index (χ3n) is 5.87. The summed E-state index contributed by atoms with van der Waals surface area (Å²) in [6.45, 7) is 2.87. The van der Waals surface area contributed by atoms with Crippen molar-refractivity contribution in [2.75, 3.05) is 19.6 Å². The number of nitrogens with zero attached hydrogens (tertiary/aromatic N) is 3. The van der Waals surface area contributed by atoms with Gasteiger partial charge >= 0.3 is 6.03 Å². The summed E-state index contributed by atoms with van der Waals surface area (Å²) in [6, 6.07) is 19.6. The lowest BCUT2D eigenvalue weighted by Gasteiger charge is -2.40. The van der Waals surface area contributed by atoms with Gasteiger partial charge < -0.3 is 20.4 Å². The highest BCUT2D eigenvalue weighted by atomic mass is 16.5. The maximum Gasteiger partial charge on any atom is 0.315 e. The van der Waals surface area contributed by atoms with Gasteiger partial charge in [-0.15, -0.1) is 0 Å². The van der Waals surface area contributed by atoms with Crippen LogP contribution in [0.2, 0.25) is 0 Å². The van der Waals surface area contributed by atoms with Crippen LogP contribution in [0.5, 0.6) is 11.5 Å². The average Bonchev–Trinajstić information content (AvgIpc) is 3.34. The summed E-state index contributed by atoms with van der Waals surface area (Å²) >= 11 is 0. The molecule has 1 saturated heterocycles. The lowest BCUT2D eigenvalue weighted by molar-refractivity contribution is 0.0939. The van der Waals surface area contributed by atoms with Crippen molar-refractivity contribution >= 4 is 16.9 Å². The van der Waals surface area contributed by atoms with Gasteiger partial charge in [0.2, 0.25) is 0 Å². The van der Waals surface area contributed by atoms with Crippen molar-refractivity contribution < 1.29 is 9.53 Å². The number of aromatic nitrogens is 2. The first-order valence-corrected chi connectivity index (χ1v) is 10.7. The van der Waals surface area contributed by atoms with Crippen LogP contribution in [0.25, 0.3) is 10.9 Å². The van der Waals surface area contributed by atoms with Crippen LogP contribution < -0.4 is 10.5 Å². The zero-order valence-electron chi connectivity index (χ0n) is 17.6. The Bertz CT molecular complexity index is 1220. The fourth-order valence-corrected chi connectivity index (χ4v) is 4.30. The topological polar surface area (TPSA) is 87.5 Å². The maximum absolute atomic E-state index is 11.9. The predicted molar refractivity (Wildman–Crippen MR) is 123 cm³/mol. The van der Waals surface area contributed by atoms with Gasteiger partial charge in [-0.2, -0.15) is 0 Å². The molecule has 3 N–H and O–H groups in total. The van der Waals surface area contributed by atoms with Crippen molar-refractivity contribution in [3.05, 3.63) is 90.4 Å². The third kappa shape index (κ3) is 4.29. The minimum absolute atomic E-state index is 0.0573. The van der Waals surface area contributed by atoms with Gasteiger partial charge in [0.15, 0.2) is 0 Å². The van der Waals surface area contributed by atoms with Gasteiger partial charge in [0.1, 0.15) is 11.5 Å². The van der Waals surface area contributed by atoms with Crippen LogP contribution in [0, 0.1) is 0 Å². The molecule has 32 heavy (non-hydrogen) atoms. The standard InChI is InChI=1S/C25H25N5O2/c26-25(31)30-12-11-29(17-24(30)20-8-10-27-15-20)16-18-3-1-5-21(13-18)32-22-6-7-23-19(14-22)4-2-9-28-23/h1-10,13-15,24,27H,11-12,16-17H2,(H2,26,31). The molecule has 5 rings (SSSR count). The monoisotopic (exact) mass is 427 g/mol. The van der Waals surface area contributed by atoms with E-state index in [1.807, 2.05) is 60.9 Å². The molecule has 7 nitrogen and oxygen atoms in total. The Hall–Kier alpha value is -3.84. The number of rotatable bonds is 5. The van der Waals surface area contributed by atoms with Crippen LogP contribution in [-0.4, -0.2) is 45.4 Å². The number of nitrogens with two attached hydrogens (primary N) is 1. The minimum Gasteiger partial charge on any atom is -0.457 e. The molecule has 1 aliphatic rings. The van der Waals surface area contributed by atoms with E-state index in [0.717, 1.165) is 53.2 Å². The summed E-state index contributed by atoms with van der Waals surface area (Å²) in [7, 11) is 0. The number of carbonyl (C=O) groups is 1. The number of carbonyl (C=O) groups excluding carboxylic acids is 1. The second-order valence-electron chi connectivity index (χ2n) is 8.03. The zero-order valence-corrected chi connectivity index (χ0v) is 17.6. The molecule has 0 aliphatic carbocycles. The SMILES string of the molecule is NC(=O)N1CCN(Cc2cccc(Oc3ccc4ncccc4c3)c2)CC1c1cc[nH]c1. The highest BCUT2D eigenvalue weighted by Crippen LogP contribution is 2.28. The quantitative estimate of drug-likeness (QED) is 0.497. The lowest BCUT2D eigenvalue weighted by atomic mass is 10.0. The Labute approximate surface area is 186 Å². The average molecular weight is 428 g/mol. The first kappa shape index (κ1) is 20.1. The molecular formula is C25H25N5O2. The van der Waals surface area contributed by atoms with Crippen LogP contribution in [0.1, 0.15) is 17.2 Å². The number of aromatic amines is 1. The van der Waals surface area contributed by atoms with Crippen LogP contribution in [0.3, 0.4) is 0 Å². The smallest absolute Gasteiger partial charge is 0.315 e. The number of hydrogen-bond donors (Lipinski definition) is 2. The normalized spacial score (nSPS) is 16.9. The Morgan fingerprint density at radius 1 is 1.09 bits per heavy atom. The molecule has 2 amide bonds. The van der Waals surface area contributed by atoms with Crippen LogP contribution in [0.4, 0.5) is 4.79 Å². The van der Waals surface area contributed by atoms with E-state index >= 15 is 0 Å². The number of primary amides is 1. The van der Waals surface area contributed by atoms with Gasteiger partial charge in [-0.05, 0) is 53.6 Å². The summed E-state index contributed by atoms with van der Waals surface area (Å²) in [5, 5.41) is 1.05. The first-order chi connectivity index (χ1) is 15.7. The van der Waals surface area contributed by atoms with E-state index in [0.29, 0.717) is 6.54 Å². The fourth-order valence-electron chi connectivity index (χ4n) is 4.30. The van der Waals surface area contributed by atoms with E-state index in [-0.39, 0.29) is 12.1 Å². The van der Waals surface area contributed by atoms with Gasteiger partial charge in [0.25, 0.3) is 0 Å². The van der Waals surface area contributed by atoms with Gasteiger partial charge in [-0.3, -0.25) is 9.88 Å². The molecule has 1 aliphatic heterocycles. The van der Waals surface area contributed by atoms with E-state index in [4.69, 9.17) is 10.5 Å². The van der Waals surface area contributed by atoms with Gasteiger partial charge in [-0.25, -0.2) is 4.79 Å². The van der Waals surface area contributed by atoms with Gasteiger partial charge in [0, 0.05) is 50.2 Å². The summed E-state index contributed by atoms with van der Waals surface area (Å²) in [5.74, 6) is 1.58. The molecular weight excluding hydrogens is 402 g/mol. The van der Waals surface area contributed by atoms with E-state index < -0.39 is 0 Å². The number of H-pyrrole nitrogens is 1. The summed E-state index contributed by atoms with van der Waals surface area (Å²) < 4.78 is 6.12. The van der Waals surface area contributed by atoms with Gasteiger partial charge in [-0.1, -0.05) is 18.2 Å². The van der Waals surface area contributed by atoms with Crippen molar-refractivity contribution in [3.8, 4) is 11.5 Å². The summed E-state index contributed by atoms with van der Waals surface area (Å²) in [6.07, 6.45) is 5.59. The summed E-state index contributed by atoms with van der Waals surface area (Å²) in [5.41, 5.74) is 8.80. The maximum atomic E-state index is 11.9. The number of benzene rings is 2. The second-order valence-corrected chi connectivity index (χ2v) is 8.03. The number of hydrogen-bond acceptors (Lipinski definition) is 4. The van der Waals surface area contributed by atoms with E-state index in [9.17, 15) is 4.79 Å². The predicted octanol–water partition coefficient (Wildman–Crippen LogP) is 4.29. The number of fused-ring (bicyclic) bond motifs is 1. The van der Waals surface area contributed by atoms with Crippen LogP contribution in [-0.2, 0) is 6.54 Å². The Morgan fingerprint density at radius 2 is 2.00 bits per heavy atom. The molecule has 0 bridgehead atoms. The molecule has 7 heteroatoms. The van der Waals surface area contributed by atoms with E-state index in [2.05, 4.69) is 27.0 Å². The Morgan fingerprint density at radius 3 is 2.84 bits per heavy atom. The van der Waals surface area contributed by atoms with Crippen molar-refractivity contribution in [2.45, 2.75) is 12.6 Å². The van der Waals surface area contributed by atoms with E-state index in [1.165, 1.54) is 0 Å². The lowest BCUT2D eigenvalue weighted by Crippen LogP contribution is -2.51. The Kier molecular flexibility index (Phi) is 5.47. The van der Waals surface area contributed by atoms with Crippen molar-refractivity contribution in [2.24, 2.45) is 5.73 Å². The Balaban J connectivity index is 1.29. The molecule has 0 spiro atoms. The molecule has 1 fully saturated rings. The number of ether oxygens (including phenoxy) is 1. The number of pyridine rings is 1. The molecule has 0 radical (unpaired) electrons.